The maximum absolute atomic E-state index is 11.4. The molecule has 0 aliphatic heterocycles. The molecule has 0 radical (unpaired) electrons. The van der Waals surface area contributed by atoms with Crippen LogP contribution < -0.4 is 5.56 Å². The quantitative estimate of drug-likeness (QED) is 0.872. The third kappa shape index (κ3) is 2.95. The highest BCUT2D eigenvalue weighted by Gasteiger charge is 2.01. The van der Waals surface area contributed by atoms with Gasteiger partial charge in [-0.2, -0.15) is 0 Å². The standard InChI is InChI=1S/C8H9BrN2O3/c9-6-4-10-5-11(8(6)14)3-1-2-7(12)13/h4-5H,1-3H2,(H,12,13). The van der Waals surface area contributed by atoms with Crippen LogP contribution in [0.2, 0.25) is 0 Å². The van der Waals surface area contributed by atoms with Gasteiger partial charge in [-0.3, -0.25) is 14.2 Å². The Hall–Kier alpha value is -1.17. The Kier molecular flexibility index (Phi) is 3.82. The molecule has 0 unspecified atom stereocenters. The Morgan fingerprint density at radius 3 is 3.00 bits per heavy atom. The molecule has 1 aromatic heterocycles. The van der Waals surface area contributed by atoms with Crippen LogP contribution in [0.3, 0.4) is 0 Å². The van der Waals surface area contributed by atoms with Gasteiger partial charge in [-0.25, -0.2) is 4.98 Å². The summed E-state index contributed by atoms with van der Waals surface area (Å²) in [5.74, 6) is -0.860. The van der Waals surface area contributed by atoms with Crippen LogP contribution in [0.5, 0.6) is 0 Å². The summed E-state index contributed by atoms with van der Waals surface area (Å²) in [5.41, 5.74) is -0.189. The van der Waals surface area contributed by atoms with E-state index >= 15 is 0 Å². The lowest BCUT2D eigenvalue weighted by Crippen LogP contribution is -2.21. The van der Waals surface area contributed by atoms with E-state index in [2.05, 4.69) is 20.9 Å². The second-order valence-corrected chi connectivity index (χ2v) is 3.59. The lowest BCUT2D eigenvalue weighted by molar-refractivity contribution is -0.137. The van der Waals surface area contributed by atoms with Gasteiger partial charge in [-0.1, -0.05) is 0 Å². The molecule has 76 valence electrons. The number of carbonyl (C=O) groups is 1. The third-order valence-corrected chi connectivity index (χ3v) is 2.19. The zero-order chi connectivity index (χ0) is 10.6. The van der Waals surface area contributed by atoms with Crippen LogP contribution in [0, 0.1) is 0 Å². The second kappa shape index (κ2) is 4.90. The fraction of sp³-hybridized carbons (Fsp3) is 0.375. The number of aromatic nitrogens is 2. The van der Waals surface area contributed by atoms with Crippen LogP contribution in [0.15, 0.2) is 21.8 Å². The number of hydrogen-bond donors (Lipinski definition) is 1. The zero-order valence-electron chi connectivity index (χ0n) is 7.31. The van der Waals surface area contributed by atoms with Crippen molar-refractivity contribution in [1.82, 2.24) is 9.55 Å². The molecule has 1 aromatic rings. The van der Waals surface area contributed by atoms with Crippen molar-refractivity contribution in [3.8, 4) is 0 Å². The van der Waals surface area contributed by atoms with E-state index in [0.29, 0.717) is 17.4 Å². The fourth-order valence-electron chi connectivity index (χ4n) is 0.984. The molecule has 0 saturated carbocycles. The Bertz CT molecular complexity index is 388. The summed E-state index contributed by atoms with van der Waals surface area (Å²) in [6.45, 7) is 0.373. The number of carboxylic acid groups (broad SMARTS) is 1. The molecule has 0 bridgehead atoms. The van der Waals surface area contributed by atoms with Gasteiger partial charge < -0.3 is 5.11 Å². The van der Waals surface area contributed by atoms with E-state index in [0.717, 1.165) is 0 Å². The van der Waals surface area contributed by atoms with Gasteiger partial charge in [0.15, 0.2) is 0 Å². The van der Waals surface area contributed by atoms with Crippen molar-refractivity contribution in [2.45, 2.75) is 19.4 Å². The summed E-state index contributed by atoms with van der Waals surface area (Å²) in [5, 5.41) is 8.40. The lowest BCUT2D eigenvalue weighted by Gasteiger charge is -2.02. The molecule has 0 aliphatic carbocycles. The van der Waals surface area contributed by atoms with Crippen molar-refractivity contribution >= 4 is 21.9 Å². The Labute approximate surface area is 88.5 Å². The summed E-state index contributed by atoms with van der Waals surface area (Å²) in [7, 11) is 0. The van der Waals surface area contributed by atoms with Gasteiger partial charge in [-0.15, -0.1) is 0 Å². The molecule has 0 amide bonds. The van der Waals surface area contributed by atoms with Gasteiger partial charge in [-0.05, 0) is 22.4 Å². The van der Waals surface area contributed by atoms with E-state index in [1.807, 2.05) is 0 Å². The number of aliphatic carboxylic acids is 1. The van der Waals surface area contributed by atoms with Crippen molar-refractivity contribution in [1.29, 1.82) is 0 Å². The van der Waals surface area contributed by atoms with Crippen LogP contribution in [-0.2, 0) is 11.3 Å². The first kappa shape index (κ1) is 10.9. The minimum Gasteiger partial charge on any atom is -0.481 e. The highest BCUT2D eigenvalue weighted by Crippen LogP contribution is 1.99. The predicted molar refractivity (Wildman–Crippen MR) is 53.1 cm³/mol. The molecule has 0 saturated heterocycles. The average Bonchev–Trinajstić information content (AvgIpc) is 2.12. The van der Waals surface area contributed by atoms with Gasteiger partial charge in [0.1, 0.15) is 4.47 Å². The van der Waals surface area contributed by atoms with Crippen molar-refractivity contribution < 1.29 is 9.90 Å². The van der Waals surface area contributed by atoms with Gasteiger partial charge in [0.2, 0.25) is 0 Å². The molecule has 1 heterocycles. The molecule has 1 N–H and O–H groups in total. The third-order valence-electron chi connectivity index (χ3n) is 1.65. The van der Waals surface area contributed by atoms with Gasteiger partial charge >= 0.3 is 5.97 Å². The van der Waals surface area contributed by atoms with Gasteiger partial charge in [0.05, 0.1) is 6.33 Å². The van der Waals surface area contributed by atoms with Crippen LogP contribution in [0.4, 0.5) is 0 Å². The van der Waals surface area contributed by atoms with E-state index < -0.39 is 5.97 Å². The first-order chi connectivity index (χ1) is 6.61. The largest absolute Gasteiger partial charge is 0.481 e. The number of halogens is 1. The summed E-state index contributed by atoms with van der Waals surface area (Å²) >= 11 is 3.05. The number of nitrogens with zero attached hydrogens (tertiary/aromatic N) is 2. The first-order valence-corrected chi connectivity index (χ1v) is 4.82. The normalized spacial score (nSPS) is 10.1. The fourth-order valence-corrected chi connectivity index (χ4v) is 1.33. The van der Waals surface area contributed by atoms with Gasteiger partial charge in [0.25, 0.3) is 5.56 Å². The molecule has 0 atom stereocenters. The van der Waals surface area contributed by atoms with Gasteiger partial charge in [0, 0.05) is 19.2 Å². The predicted octanol–water partition coefficient (Wildman–Crippen LogP) is 0.871. The topological polar surface area (TPSA) is 72.2 Å². The first-order valence-electron chi connectivity index (χ1n) is 4.03. The molecule has 5 nitrogen and oxygen atoms in total. The average molecular weight is 261 g/mol. The number of aryl methyl sites for hydroxylation is 1. The Morgan fingerprint density at radius 1 is 1.64 bits per heavy atom. The SMILES string of the molecule is O=C(O)CCCn1cncc(Br)c1=O. The minimum absolute atomic E-state index is 0.0545. The van der Waals surface area contributed by atoms with E-state index in [1.165, 1.54) is 17.1 Å². The Morgan fingerprint density at radius 2 is 2.36 bits per heavy atom. The molecule has 0 spiro atoms. The summed E-state index contributed by atoms with van der Waals surface area (Å²) in [6.07, 6.45) is 3.29. The van der Waals surface area contributed by atoms with Crippen LogP contribution in [0.25, 0.3) is 0 Å². The Balaban J connectivity index is 2.64. The molecular weight excluding hydrogens is 252 g/mol. The molecule has 14 heavy (non-hydrogen) atoms. The molecule has 1 rings (SSSR count). The highest BCUT2D eigenvalue weighted by atomic mass is 79.9. The number of carboxylic acids is 1. The van der Waals surface area contributed by atoms with Crippen molar-refractivity contribution in [3.63, 3.8) is 0 Å². The monoisotopic (exact) mass is 260 g/mol. The molecule has 0 aromatic carbocycles. The van der Waals surface area contributed by atoms with Crippen molar-refractivity contribution in [2.24, 2.45) is 0 Å². The summed E-state index contributed by atoms with van der Waals surface area (Å²) < 4.78 is 1.77. The maximum Gasteiger partial charge on any atom is 0.303 e. The van der Waals surface area contributed by atoms with Crippen LogP contribution in [-0.4, -0.2) is 20.6 Å². The minimum atomic E-state index is -0.860. The van der Waals surface area contributed by atoms with Crippen molar-refractivity contribution in [3.05, 3.63) is 27.4 Å². The van der Waals surface area contributed by atoms with Crippen LogP contribution in [0.1, 0.15) is 12.8 Å². The summed E-state index contributed by atoms with van der Waals surface area (Å²) in [4.78, 5) is 25.4. The highest BCUT2D eigenvalue weighted by molar-refractivity contribution is 9.10. The molecule has 0 fully saturated rings. The second-order valence-electron chi connectivity index (χ2n) is 2.74. The van der Waals surface area contributed by atoms with E-state index in [4.69, 9.17) is 5.11 Å². The van der Waals surface area contributed by atoms with E-state index in [9.17, 15) is 9.59 Å². The zero-order valence-corrected chi connectivity index (χ0v) is 8.90. The smallest absolute Gasteiger partial charge is 0.303 e. The lowest BCUT2D eigenvalue weighted by atomic mass is 10.3. The maximum atomic E-state index is 11.4. The van der Waals surface area contributed by atoms with Crippen molar-refractivity contribution in [2.75, 3.05) is 0 Å². The van der Waals surface area contributed by atoms with Crippen LogP contribution >= 0.6 is 15.9 Å². The number of hydrogen-bond acceptors (Lipinski definition) is 3. The summed E-state index contributed by atoms with van der Waals surface area (Å²) in [6, 6.07) is 0. The number of rotatable bonds is 4. The molecule has 0 aliphatic rings. The van der Waals surface area contributed by atoms with E-state index in [1.54, 1.807) is 0 Å². The van der Waals surface area contributed by atoms with E-state index in [-0.39, 0.29) is 12.0 Å². The molecular formula is C8H9BrN2O3. The molecule has 6 heteroatoms.